The van der Waals surface area contributed by atoms with Gasteiger partial charge in [-0.05, 0) is 166 Å². The Labute approximate surface area is 351 Å². The molecule has 8 aromatic carbocycles. The van der Waals surface area contributed by atoms with Gasteiger partial charge in [0.05, 0.1) is 0 Å². The van der Waals surface area contributed by atoms with Crippen molar-refractivity contribution in [1.82, 2.24) is 0 Å². The molecular formula is C55H43O4P. The Morgan fingerprint density at radius 1 is 0.433 bits per heavy atom. The Hall–Kier alpha value is -6.45. The average molecular weight is 799 g/mol. The Balaban J connectivity index is 1.16. The lowest BCUT2D eigenvalue weighted by molar-refractivity contribution is 0.281. The third kappa shape index (κ3) is 6.05. The molecule has 60 heavy (non-hydrogen) atoms. The van der Waals surface area contributed by atoms with E-state index in [0.29, 0.717) is 11.5 Å². The van der Waals surface area contributed by atoms with Gasteiger partial charge in [-0.2, -0.15) is 0 Å². The number of phosphoric ester groups is 1. The van der Waals surface area contributed by atoms with Crippen LogP contribution in [0.3, 0.4) is 0 Å². The molecule has 0 atom stereocenters. The first-order valence-corrected chi connectivity index (χ1v) is 22.3. The van der Waals surface area contributed by atoms with E-state index in [1.54, 1.807) is 0 Å². The van der Waals surface area contributed by atoms with E-state index in [1.165, 1.54) is 11.1 Å². The minimum absolute atomic E-state index is 0.460. The fraction of sp³-hybridized carbons (Fsp3) is 0.127. The van der Waals surface area contributed by atoms with E-state index in [4.69, 9.17) is 9.05 Å². The number of hydrogen-bond donors (Lipinski definition) is 1. The first-order chi connectivity index (χ1) is 29.2. The van der Waals surface area contributed by atoms with Crippen LogP contribution in [0.15, 0.2) is 170 Å². The molecule has 0 unspecified atom stereocenters. The average Bonchev–Trinajstić information content (AvgIpc) is 3.88. The van der Waals surface area contributed by atoms with Gasteiger partial charge in [0.25, 0.3) is 0 Å². The van der Waals surface area contributed by atoms with Gasteiger partial charge in [0, 0.05) is 27.7 Å². The standard InChI is InChI=1S/C55H43O4P/c1-35-27-49(45-31-41(37-15-7-3-8-16-37)29-42(32-45)38-17-9-4-10-18-38)53-51-47(35)23-25-55(51)26-24-48-36(2)28-50(54(52(48)55)59-60(56,57)58-53)46-33-43(39-19-11-5-12-20-39)30-44(34-46)40-21-13-6-14-22-40/h3-22,27-34H,23-26H2,1-2H3,(H,56,57). The van der Waals surface area contributed by atoms with Crippen LogP contribution in [0, 0.1) is 13.8 Å². The molecule has 0 aromatic heterocycles. The maximum Gasteiger partial charge on any atom is 0.584 e. The molecule has 4 nitrogen and oxygen atoms in total. The lowest BCUT2D eigenvalue weighted by Gasteiger charge is -2.35. The van der Waals surface area contributed by atoms with E-state index in [0.717, 1.165) is 115 Å². The number of rotatable bonds is 6. The molecule has 1 aliphatic heterocycles. The normalized spacial score (nSPS) is 15.2. The van der Waals surface area contributed by atoms with Gasteiger partial charge in [-0.3, -0.25) is 4.89 Å². The lowest BCUT2D eigenvalue weighted by atomic mass is 9.73. The van der Waals surface area contributed by atoms with Crippen LogP contribution in [0.2, 0.25) is 0 Å². The van der Waals surface area contributed by atoms with E-state index in [-0.39, 0.29) is 0 Å². The number of hydrogen-bond acceptors (Lipinski definition) is 3. The molecule has 1 N–H and O–H groups in total. The Kier molecular flexibility index (Phi) is 8.60. The molecule has 5 heteroatoms. The molecule has 0 radical (unpaired) electrons. The largest absolute Gasteiger partial charge is 0.584 e. The van der Waals surface area contributed by atoms with Crippen molar-refractivity contribution in [2.45, 2.75) is 44.9 Å². The molecule has 11 rings (SSSR count). The van der Waals surface area contributed by atoms with Crippen LogP contribution in [0.4, 0.5) is 0 Å². The SMILES string of the molecule is Cc1cc(-c2cc(-c3ccccc3)cc(-c3ccccc3)c2)c2c3c1CCC31CCc3c(C)cc(-c4cc(-c5ccccc5)cc(-c5ccccc5)c4)c(c31)OP(=O)(O)O2. The van der Waals surface area contributed by atoms with Crippen molar-refractivity contribution in [3.05, 3.63) is 203 Å². The molecule has 292 valence electrons. The van der Waals surface area contributed by atoms with Crippen molar-refractivity contribution >= 4 is 7.82 Å². The van der Waals surface area contributed by atoms with Gasteiger partial charge in [-0.1, -0.05) is 121 Å². The van der Waals surface area contributed by atoms with Crippen LogP contribution in [0.1, 0.15) is 46.2 Å². The zero-order valence-electron chi connectivity index (χ0n) is 33.6. The molecule has 0 saturated heterocycles. The molecule has 2 aliphatic carbocycles. The quantitative estimate of drug-likeness (QED) is 0.170. The fourth-order valence-electron chi connectivity index (χ4n) is 10.4. The first-order valence-electron chi connectivity index (χ1n) is 20.8. The summed E-state index contributed by atoms with van der Waals surface area (Å²) < 4.78 is 27.9. The molecule has 1 heterocycles. The van der Waals surface area contributed by atoms with Gasteiger partial charge in [0.15, 0.2) is 0 Å². The van der Waals surface area contributed by atoms with Crippen LogP contribution in [0.5, 0.6) is 11.5 Å². The van der Waals surface area contributed by atoms with Crippen molar-refractivity contribution in [2.75, 3.05) is 0 Å². The zero-order chi connectivity index (χ0) is 40.6. The fourth-order valence-corrected chi connectivity index (χ4v) is 11.3. The Bertz CT molecular complexity index is 2710. The highest BCUT2D eigenvalue weighted by Crippen LogP contribution is 2.66. The maximum atomic E-state index is 14.8. The monoisotopic (exact) mass is 798 g/mol. The van der Waals surface area contributed by atoms with Gasteiger partial charge in [-0.15, -0.1) is 0 Å². The van der Waals surface area contributed by atoms with Gasteiger partial charge in [0.2, 0.25) is 0 Å². The molecule has 0 fully saturated rings. The second-order valence-corrected chi connectivity index (χ2v) is 17.9. The highest BCUT2D eigenvalue weighted by atomic mass is 31.2. The highest BCUT2D eigenvalue weighted by molar-refractivity contribution is 7.48. The van der Waals surface area contributed by atoms with Gasteiger partial charge in [-0.25, -0.2) is 4.57 Å². The zero-order valence-corrected chi connectivity index (χ0v) is 34.5. The van der Waals surface area contributed by atoms with E-state index in [2.05, 4.69) is 159 Å². The lowest BCUT2D eigenvalue weighted by Crippen LogP contribution is -2.25. The summed E-state index contributed by atoms with van der Waals surface area (Å²) >= 11 is 0. The third-order valence-corrected chi connectivity index (χ3v) is 13.9. The minimum Gasteiger partial charge on any atom is -0.394 e. The summed E-state index contributed by atoms with van der Waals surface area (Å²) in [4.78, 5) is 12.1. The number of phosphoric acid groups is 1. The first kappa shape index (κ1) is 36.6. The minimum atomic E-state index is -4.77. The molecular weight excluding hydrogens is 756 g/mol. The summed E-state index contributed by atoms with van der Waals surface area (Å²) in [7, 11) is -4.77. The van der Waals surface area contributed by atoms with Gasteiger partial charge >= 0.3 is 7.82 Å². The van der Waals surface area contributed by atoms with E-state index < -0.39 is 13.2 Å². The summed E-state index contributed by atoms with van der Waals surface area (Å²) in [5.41, 5.74) is 18.4. The topological polar surface area (TPSA) is 55.8 Å². The van der Waals surface area contributed by atoms with E-state index in [1.807, 2.05) is 24.3 Å². The van der Waals surface area contributed by atoms with Crippen LogP contribution in [-0.2, 0) is 22.8 Å². The van der Waals surface area contributed by atoms with Crippen molar-refractivity contribution in [3.8, 4) is 78.3 Å². The molecule has 3 aliphatic rings. The summed E-state index contributed by atoms with van der Waals surface area (Å²) in [6.07, 6.45) is 3.42. The third-order valence-electron chi connectivity index (χ3n) is 13.1. The number of benzene rings is 8. The van der Waals surface area contributed by atoms with Crippen molar-refractivity contribution in [1.29, 1.82) is 0 Å². The molecule has 8 aromatic rings. The van der Waals surface area contributed by atoms with Crippen LogP contribution in [-0.4, -0.2) is 4.89 Å². The van der Waals surface area contributed by atoms with Crippen LogP contribution >= 0.6 is 7.82 Å². The Morgan fingerprint density at radius 3 is 1.05 bits per heavy atom. The second kappa shape index (κ2) is 14.1. The van der Waals surface area contributed by atoms with Crippen molar-refractivity contribution < 1.29 is 18.5 Å². The van der Waals surface area contributed by atoms with Gasteiger partial charge in [0.1, 0.15) is 11.5 Å². The van der Waals surface area contributed by atoms with Crippen molar-refractivity contribution in [2.24, 2.45) is 0 Å². The molecule has 0 bridgehead atoms. The summed E-state index contributed by atoms with van der Waals surface area (Å²) in [5.74, 6) is 0.921. The predicted molar refractivity (Wildman–Crippen MR) is 243 cm³/mol. The smallest absolute Gasteiger partial charge is 0.394 e. The highest BCUT2D eigenvalue weighted by Gasteiger charge is 2.53. The van der Waals surface area contributed by atoms with Crippen molar-refractivity contribution in [3.63, 3.8) is 0 Å². The van der Waals surface area contributed by atoms with E-state index >= 15 is 0 Å². The molecule has 0 amide bonds. The summed E-state index contributed by atoms with van der Waals surface area (Å²) in [6.45, 7) is 4.37. The Morgan fingerprint density at radius 2 is 0.733 bits per heavy atom. The summed E-state index contributed by atoms with van der Waals surface area (Å²) in [5, 5.41) is 0. The second-order valence-electron chi connectivity index (χ2n) is 16.6. The molecule has 0 saturated carbocycles. The maximum absolute atomic E-state index is 14.8. The predicted octanol–water partition coefficient (Wildman–Crippen LogP) is 14.4. The van der Waals surface area contributed by atoms with E-state index in [9.17, 15) is 9.46 Å². The van der Waals surface area contributed by atoms with Crippen LogP contribution < -0.4 is 9.05 Å². The number of aryl methyl sites for hydroxylation is 2. The van der Waals surface area contributed by atoms with Crippen LogP contribution in [0.25, 0.3) is 66.8 Å². The summed E-state index contributed by atoms with van der Waals surface area (Å²) in [6, 6.07) is 59.0. The van der Waals surface area contributed by atoms with Gasteiger partial charge < -0.3 is 9.05 Å². The molecule has 1 spiro atoms.